The largest absolute Gasteiger partial charge is 0.337 e. The maximum Gasteiger partial charge on any atom is 0.226 e. The van der Waals surface area contributed by atoms with Gasteiger partial charge >= 0.3 is 0 Å². The molecule has 1 aromatic carbocycles. The Hall–Kier alpha value is -2.14. The quantitative estimate of drug-likeness (QED) is 0.887. The molecule has 1 N–H and O–H groups in total. The minimum Gasteiger partial charge on any atom is -0.337 e. The standard InChI is InChI=1S/C22H28N4O/c1-25-12-11-24-20(25)15-26(19-14-22(19)7-9-23-10-8-22)21(27)18-13-17(18)16-5-3-2-4-6-16/h2-6,11-12,17-19,23H,7-10,13-15H2,1H3/t17-,18-,19-/m1/s1. The minimum atomic E-state index is 0.145. The molecule has 3 atom stereocenters. The highest BCUT2D eigenvalue weighted by molar-refractivity contribution is 5.83. The predicted molar refractivity (Wildman–Crippen MR) is 104 cm³/mol. The molecule has 3 fully saturated rings. The summed E-state index contributed by atoms with van der Waals surface area (Å²) >= 11 is 0. The van der Waals surface area contributed by atoms with Gasteiger partial charge in [-0.05, 0) is 55.7 Å². The molecule has 0 unspecified atom stereocenters. The fourth-order valence-corrected chi connectivity index (χ4v) is 5.02. The molecule has 1 aromatic heterocycles. The van der Waals surface area contributed by atoms with Crippen molar-refractivity contribution in [3.63, 3.8) is 0 Å². The Morgan fingerprint density at radius 1 is 1.30 bits per heavy atom. The first kappa shape index (κ1) is 17.0. The van der Waals surface area contributed by atoms with Gasteiger partial charge in [0.1, 0.15) is 5.82 Å². The highest BCUT2D eigenvalue weighted by Crippen LogP contribution is 2.58. The van der Waals surface area contributed by atoms with Crippen LogP contribution in [0.2, 0.25) is 0 Å². The Balaban J connectivity index is 1.36. The molecule has 0 bridgehead atoms. The SMILES string of the molecule is Cn1ccnc1CN(C(=O)[C@@H]1C[C@@H]1c1ccccc1)[C@@H]1CC12CCNCC2. The number of piperidine rings is 1. The number of nitrogens with zero attached hydrogens (tertiary/aromatic N) is 3. The fourth-order valence-electron chi connectivity index (χ4n) is 5.02. The maximum atomic E-state index is 13.5. The highest BCUT2D eigenvalue weighted by Gasteiger charge is 2.59. The Labute approximate surface area is 160 Å². The van der Waals surface area contributed by atoms with Crippen LogP contribution in [0.25, 0.3) is 0 Å². The molecule has 1 aliphatic heterocycles. The fraction of sp³-hybridized carbons (Fsp3) is 0.545. The molecule has 142 valence electrons. The monoisotopic (exact) mass is 364 g/mol. The van der Waals surface area contributed by atoms with Crippen LogP contribution in [0.5, 0.6) is 0 Å². The van der Waals surface area contributed by atoms with E-state index in [0.717, 1.165) is 31.8 Å². The van der Waals surface area contributed by atoms with Crippen molar-refractivity contribution < 1.29 is 4.79 Å². The first-order chi connectivity index (χ1) is 13.2. The van der Waals surface area contributed by atoms with Crippen molar-refractivity contribution in [2.45, 2.75) is 44.2 Å². The van der Waals surface area contributed by atoms with Crippen molar-refractivity contribution in [3.8, 4) is 0 Å². The number of rotatable bonds is 5. The van der Waals surface area contributed by atoms with Crippen molar-refractivity contribution in [1.29, 1.82) is 0 Å². The summed E-state index contributed by atoms with van der Waals surface area (Å²) in [5.74, 6) is 1.86. The molecule has 0 radical (unpaired) electrons. The van der Waals surface area contributed by atoms with Gasteiger partial charge in [-0.15, -0.1) is 0 Å². The molecule has 3 aliphatic rings. The van der Waals surface area contributed by atoms with Crippen LogP contribution in [0.15, 0.2) is 42.7 Å². The maximum absolute atomic E-state index is 13.5. The van der Waals surface area contributed by atoms with Crippen molar-refractivity contribution in [2.75, 3.05) is 13.1 Å². The molecule has 2 aromatic rings. The number of carbonyl (C=O) groups is 1. The summed E-state index contributed by atoms with van der Waals surface area (Å²) in [5, 5.41) is 3.47. The lowest BCUT2D eigenvalue weighted by Gasteiger charge is -2.29. The van der Waals surface area contributed by atoms with E-state index in [-0.39, 0.29) is 5.92 Å². The summed E-state index contributed by atoms with van der Waals surface area (Å²) in [6, 6.07) is 10.9. The number of aromatic nitrogens is 2. The highest BCUT2D eigenvalue weighted by atomic mass is 16.2. The van der Waals surface area contributed by atoms with Crippen LogP contribution < -0.4 is 5.32 Å². The second-order valence-corrected chi connectivity index (χ2v) is 8.61. The lowest BCUT2D eigenvalue weighted by Crippen LogP contribution is -2.40. The Kier molecular flexibility index (Phi) is 4.08. The van der Waals surface area contributed by atoms with Gasteiger partial charge in [-0.2, -0.15) is 0 Å². The van der Waals surface area contributed by atoms with Crippen molar-refractivity contribution in [2.24, 2.45) is 18.4 Å². The molecule has 2 aliphatic carbocycles. The molecule has 1 amide bonds. The average molecular weight is 364 g/mol. The molecule has 2 heterocycles. The van der Waals surface area contributed by atoms with Gasteiger partial charge in [0.15, 0.2) is 0 Å². The molecule has 1 spiro atoms. The van der Waals surface area contributed by atoms with Crippen LogP contribution in [-0.2, 0) is 18.4 Å². The third-order valence-corrected chi connectivity index (χ3v) is 6.97. The molecular weight excluding hydrogens is 336 g/mol. The van der Waals surface area contributed by atoms with E-state index in [2.05, 4.69) is 39.5 Å². The Morgan fingerprint density at radius 3 is 2.78 bits per heavy atom. The molecular formula is C22H28N4O. The number of benzene rings is 1. The van der Waals surface area contributed by atoms with E-state index in [4.69, 9.17) is 0 Å². The first-order valence-corrected chi connectivity index (χ1v) is 10.2. The number of hydrogen-bond acceptors (Lipinski definition) is 3. The summed E-state index contributed by atoms with van der Waals surface area (Å²) in [7, 11) is 2.02. The van der Waals surface area contributed by atoms with E-state index >= 15 is 0 Å². The summed E-state index contributed by atoms with van der Waals surface area (Å²) < 4.78 is 2.04. The minimum absolute atomic E-state index is 0.145. The van der Waals surface area contributed by atoms with E-state index in [0.29, 0.717) is 29.8 Å². The summed E-state index contributed by atoms with van der Waals surface area (Å²) in [6.07, 6.45) is 8.32. The van der Waals surface area contributed by atoms with E-state index in [1.165, 1.54) is 18.4 Å². The topological polar surface area (TPSA) is 50.2 Å². The first-order valence-electron chi connectivity index (χ1n) is 10.2. The van der Waals surface area contributed by atoms with Crippen LogP contribution in [0, 0.1) is 11.3 Å². The summed E-state index contributed by atoms with van der Waals surface area (Å²) in [6.45, 7) is 2.80. The number of imidazole rings is 1. The van der Waals surface area contributed by atoms with Gasteiger partial charge in [-0.25, -0.2) is 4.98 Å². The third kappa shape index (κ3) is 3.08. The zero-order chi connectivity index (χ0) is 18.4. The zero-order valence-electron chi connectivity index (χ0n) is 16.0. The molecule has 27 heavy (non-hydrogen) atoms. The number of amides is 1. The third-order valence-electron chi connectivity index (χ3n) is 6.97. The number of nitrogens with one attached hydrogen (secondary N) is 1. The van der Waals surface area contributed by atoms with Crippen LogP contribution in [0.3, 0.4) is 0 Å². The number of carbonyl (C=O) groups excluding carboxylic acids is 1. The Bertz CT molecular complexity index is 824. The van der Waals surface area contributed by atoms with Crippen molar-refractivity contribution in [1.82, 2.24) is 19.8 Å². The Morgan fingerprint density at radius 2 is 2.07 bits per heavy atom. The van der Waals surface area contributed by atoms with E-state index in [9.17, 15) is 4.79 Å². The van der Waals surface area contributed by atoms with E-state index < -0.39 is 0 Å². The zero-order valence-corrected chi connectivity index (χ0v) is 16.0. The van der Waals surface area contributed by atoms with Gasteiger partial charge in [0.2, 0.25) is 5.91 Å². The summed E-state index contributed by atoms with van der Waals surface area (Å²) in [4.78, 5) is 20.2. The van der Waals surface area contributed by atoms with Gasteiger partial charge in [0, 0.05) is 31.4 Å². The second kappa shape index (κ2) is 6.48. The van der Waals surface area contributed by atoms with Gasteiger partial charge in [0.25, 0.3) is 0 Å². The number of hydrogen-bond donors (Lipinski definition) is 1. The van der Waals surface area contributed by atoms with Crippen LogP contribution in [-0.4, -0.2) is 39.5 Å². The van der Waals surface area contributed by atoms with Crippen molar-refractivity contribution in [3.05, 3.63) is 54.1 Å². The van der Waals surface area contributed by atoms with Gasteiger partial charge in [-0.1, -0.05) is 30.3 Å². The second-order valence-electron chi connectivity index (χ2n) is 8.61. The van der Waals surface area contributed by atoms with Gasteiger partial charge in [-0.3, -0.25) is 4.79 Å². The normalized spacial score (nSPS) is 28.1. The van der Waals surface area contributed by atoms with Gasteiger partial charge in [0.05, 0.1) is 6.54 Å². The molecule has 1 saturated heterocycles. The van der Waals surface area contributed by atoms with Crippen molar-refractivity contribution >= 4 is 5.91 Å². The molecule has 5 nitrogen and oxygen atoms in total. The molecule has 5 rings (SSSR count). The average Bonchev–Trinajstić information content (AvgIpc) is 3.59. The smallest absolute Gasteiger partial charge is 0.226 e. The summed E-state index contributed by atoms with van der Waals surface area (Å²) in [5.41, 5.74) is 1.66. The molecule has 5 heteroatoms. The lowest BCUT2D eigenvalue weighted by atomic mass is 9.93. The lowest BCUT2D eigenvalue weighted by molar-refractivity contribution is -0.134. The van der Waals surface area contributed by atoms with Crippen LogP contribution in [0.1, 0.15) is 43.0 Å². The van der Waals surface area contributed by atoms with E-state index in [1.54, 1.807) is 0 Å². The van der Waals surface area contributed by atoms with E-state index in [1.807, 2.05) is 30.1 Å². The van der Waals surface area contributed by atoms with Crippen LogP contribution >= 0.6 is 0 Å². The molecule has 2 saturated carbocycles. The number of aryl methyl sites for hydroxylation is 1. The van der Waals surface area contributed by atoms with Gasteiger partial charge < -0.3 is 14.8 Å². The predicted octanol–water partition coefficient (Wildman–Crippen LogP) is 2.69. The van der Waals surface area contributed by atoms with Crippen LogP contribution in [0.4, 0.5) is 0 Å².